The van der Waals surface area contributed by atoms with E-state index in [2.05, 4.69) is 4.98 Å². The molecule has 0 aliphatic rings. The molecule has 6 nitrogen and oxygen atoms in total. The molecule has 154 valence electrons. The van der Waals surface area contributed by atoms with Gasteiger partial charge in [0, 0.05) is 22.6 Å². The molecule has 4 aromatic rings. The maximum absolute atomic E-state index is 11.2. The Morgan fingerprint density at radius 1 is 0.871 bits per heavy atom. The molecular weight excluding hydrogens is 459 g/mol. The lowest BCUT2D eigenvalue weighted by molar-refractivity contribution is -0.384. The van der Waals surface area contributed by atoms with Crippen LogP contribution in [0.3, 0.4) is 0 Å². The third kappa shape index (κ3) is 5.23. The average Bonchev–Trinajstić information content (AvgIpc) is 3.27. The number of aromatic nitrogens is 1. The maximum Gasteiger partial charge on any atom is 0.373 e. The Hall–Kier alpha value is -3.35. The maximum atomic E-state index is 11.2. The Morgan fingerprint density at radius 3 is 2.13 bits per heavy atom. The van der Waals surface area contributed by atoms with Gasteiger partial charge >= 0.3 is 6.15 Å². The van der Waals surface area contributed by atoms with Crippen LogP contribution < -0.4 is 0 Å². The molecule has 0 N–H and O–H groups in total. The third-order valence-electron chi connectivity index (χ3n) is 4.26. The zero-order chi connectivity index (χ0) is 22.4. The lowest BCUT2D eigenvalue weighted by atomic mass is 10.0. The van der Waals surface area contributed by atoms with Gasteiger partial charge in [-0.15, -0.1) is 11.3 Å². The number of nitro groups is 1. The zero-order valence-electron chi connectivity index (χ0n) is 15.6. The Bertz CT molecular complexity index is 1270. The number of benzene rings is 3. The van der Waals surface area contributed by atoms with Crippen LogP contribution in [0.25, 0.3) is 33.0 Å². The van der Waals surface area contributed by atoms with E-state index in [1.165, 1.54) is 17.4 Å². The zero-order valence-corrected chi connectivity index (χ0v) is 17.9. The predicted molar refractivity (Wildman–Crippen MR) is 120 cm³/mol. The minimum atomic E-state index is -0.367. The molecule has 0 radical (unpaired) electrons. The van der Waals surface area contributed by atoms with Crippen LogP contribution in [0, 0.1) is 10.1 Å². The van der Waals surface area contributed by atoms with Gasteiger partial charge in [0.15, 0.2) is 0 Å². The summed E-state index contributed by atoms with van der Waals surface area (Å²) in [6.07, 6.45) is 0.250. The van der Waals surface area contributed by atoms with Crippen LogP contribution in [0.5, 0.6) is 0 Å². The topological polar surface area (TPSA) is 90.2 Å². The van der Waals surface area contributed by atoms with Gasteiger partial charge in [-0.2, -0.15) is 9.59 Å². The second-order valence-corrected chi connectivity index (χ2v) is 7.77. The Balaban J connectivity index is 0.000000858. The second kappa shape index (κ2) is 10.1. The number of nitro benzene ring substituents is 1. The highest BCUT2D eigenvalue weighted by Gasteiger charge is 2.14. The van der Waals surface area contributed by atoms with Crippen LogP contribution in [0.1, 0.15) is 0 Å². The van der Waals surface area contributed by atoms with Gasteiger partial charge in [-0.05, 0) is 23.8 Å². The average molecular weight is 471 g/mol. The summed E-state index contributed by atoms with van der Waals surface area (Å²) in [6, 6.07) is 19.7. The predicted octanol–water partition coefficient (Wildman–Crippen LogP) is 6.78. The molecule has 0 saturated carbocycles. The minimum absolute atomic E-state index is 0.0893. The summed E-state index contributed by atoms with van der Waals surface area (Å²) in [5, 5.41) is 15.1. The molecule has 0 unspecified atom stereocenters. The van der Waals surface area contributed by atoms with E-state index in [9.17, 15) is 10.1 Å². The van der Waals surface area contributed by atoms with Gasteiger partial charge in [0.1, 0.15) is 5.01 Å². The summed E-state index contributed by atoms with van der Waals surface area (Å²) in [4.78, 5) is 31.8. The molecule has 9 heteroatoms. The largest absolute Gasteiger partial charge is 0.373 e. The smallest absolute Gasteiger partial charge is 0.258 e. The first-order chi connectivity index (χ1) is 14.9. The summed E-state index contributed by atoms with van der Waals surface area (Å²) >= 11 is 13.6. The van der Waals surface area contributed by atoms with Gasteiger partial charge in [-0.1, -0.05) is 65.7 Å². The van der Waals surface area contributed by atoms with Crippen LogP contribution in [0.4, 0.5) is 5.69 Å². The Kier molecular flexibility index (Phi) is 7.28. The number of nitrogens with zero attached hydrogens (tertiary/aromatic N) is 2. The van der Waals surface area contributed by atoms with Crippen LogP contribution in [-0.4, -0.2) is 16.1 Å². The van der Waals surface area contributed by atoms with E-state index in [-0.39, 0.29) is 16.8 Å². The van der Waals surface area contributed by atoms with E-state index in [4.69, 9.17) is 32.8 Å². The van der Waals surface area contributed by atoms with Crippen molar-refractivity contribution < 1.29 is 14.5 Å². The first-order valence-corrected chi connectivity index (χ1v) is 10.3. The first kappa shape index (κ1) is 22.3. The molecule has 0 aliphatic heterocycles. The van der Waals surface area contributed by atoms with Crippen molar-refractivity contribution in [3.05, 3.63) is 92.3 Å². The summed E-state index contributed by atoms with van der Waals surface area (Å²) in [6.45, 7) is 0. The standard InChI is InChI=1S/C21H12Cl2N2O2S.CO2/c22-17-10-9-15(11-18(17)23)19-12-28-21(24-19)14-7-5-13(6-8-14)16-3-1-2-4-20(16)25(26)27;2-1-3/h1-12H;. The van der Waals surface area contributed by atoms with Crippen molar-refractivity contribution in [3.8, 4) is 33.0 Å². The Morgan fingerprint density at radius 2 is 1.48 bits per heavy atom. The molecule has 1 heterocycles. The van der Waals surface area contributed by atoms with E-state index in [1.54, 1.807) is 30.3 Å². The highest BCUT2D eigenvalue weighted by atomic mass is 35.5. The van der Waals surface area contributed by atoms with Crippen molar-refractivity contribution >= 4 is 46.4 Å². The molecule has 0 amide bonds. The van der Waals surface area contributed by atoms with Crippen LogP contribution in [0.2, 0.25) is 10.0 Å². The van der Waals surface area contributed by atoms with Crippen molar-refractivity contribution in [3.63, 3.8) is 0 Å². The van der Waals surface area contributed by atoms with Gasteiger partial charge in [0.2, 0.25) is 0 Å². The quantitative estimate of drug-likeness (QED) is 0.242. The van der Waals surface area contributed by atoms with Crippen LogP contribution in [0.15, 0.2) is 72.1 Å². The lowest BCUT2D eigenvalue weighted by Crippen LogP contribution is -1.91. The molecule has 0 atom stereocenters. The van der Waals surface area contributed by atoms with Gasteiger partial charge in [-0.3, -0.25) is 10.1 Å². The summed E-state index contributed by atoms with van der Waals surface area (Å²) in [7, 11) is 0. The lowest BCUT2D eigenvalue weighted by Gasteiger charge is -2.04. The van der Waals surface area contributed by atoms with E-state index in [0.717, 1.165) is 27.4 Å². The molecule has 0 saturated heterocycles. The number of thiazole rings is 1. The number of carbonyl (C=O) groups excluding carboxylic acids is 2. The molecule has 0 fully saturated rings. The van der Waals surface area contributed by atoms with Crippen molar-refractivity contribution in [1.29, 1.82) is 0 Å². The van der Waals surface area contributed by atoms with Crippen LogP contribution >= 0.6 is 34.5 Å². The van der Waals surface area contributed by atoms with E-state index >= 15 is 0 Å². The molecule has 1 aromatic heterocycles. The number of rotatable bonds is 4. The highest BCUT2D eigenvalue weighted by Crippen LogP contribution is 2.34. The van der Waals surface area contributed by atoms with Crippen molar-refractivity contribution in [2.75, 3.05) is 0 Å². The minimum Gasteiger partial charge on any atom is -0.258 e. The van der Waals surface area contributed by atoms with Gasteiger partial charge in [0.25, 0.3) is 5.69 Å². The number of hydrogen-bond donors (Lipinski definition) is 0. The fourth-order valence-electron chi connectivity index (χ4n) is 2.86. The molecule has 31 heavy (non-hydrogen) atoms. The highest BCUT2D eigenvalue weighted by molar-refractivity contribution is 7.13. The molecule has 4 rings (SSSR count). The fourth-order valence-corrected chi connectivity index (χ4v) is 4.00. The Labute approximate surface area is 190 Å². The van der Waals surface area contributed by atoms with E-state index in [1.807, 2.05) is 35.7 Å². The van der Waals surface area contributed by atoms with Crippen LogP contribution in [-0.2, 0) is 9.59 Å². The van der Waals surface area contributed by atoms with Gasteiger partial charge < -0.3 is 0 Å². The van der Waals surface area contributed by atoms with Crippen molar-refractivity contribution in [1.82, 2.24) is 4.98 Å². The second-order valence-electron chi connectivity index (χ2n) is 6.10. The fraction of sp³-hybridized carbons (Fsp3) is 0. The van der Waals surface area contributed by atoms with Crippen molar-refractivity contribution in [2.45, 2.75) is 0 Å². The molecule has 3 aromatic carbocycles. The molecule has 0 bridgehead atoms. The third-order valence-corrected chi connectivity index (χ3v) is 5.89. The number of hydrogen-bond acceptors (Lipinski definition) is 6. The number of para-hydroxylation sites is 1. The summed E-state index contributed by atoms with van der Waals surface area (Å²) in [5.74, 6) is 0. The van der Waals surface area contributed by atoms with E-state index in [0.29, 0.717) is 15.6 Å². The molecular formula is C22H12Cl2N2O4S. The summed E-state index contributed by atoms with van der Waals surface area (Å²) in [5.41, 5.74) is 4.13. The van der Waals surface area contributed by atoms with Gasteiger partial charge in [-0.25, -0.2) is 4.98 Å². The SMILES string of the molecule is O=C=O.O=[N+]([O-])c1ccccc1-c1ccc(-c2nc(-c3ccc(Cl)c(Cl)c3)cs2)cc1. The monoisotopic (exact) mass is 470 g/mol. The first-order valence-electron chi connectivity index (χ1n) is 8.69. The van der Waals surface area contributed by atoms with Crippen molar-refractivity contribution in [2.24, 2.45) is 0 Å². The molecule has 0 spiro atoms. The normalized spacial score (nSPS) is 10.0. The number of halogens is 2. The van der Waals surface area contributed by atoms with Gasteiger partial charge in [0.05, 0.1) is 26.2 Å². The van der Waals surface area contributed by atoms with E-state index < -0.39 is 0 Å². The molecule has 0 aliphatic carbocycles. The summed E-state index contributed by atoms with van der Waals surface area (Å²) < 4.78 is 0.